The molecule has 3 heterocycles. The molecule has 0 N–H and O–H groups in total. The molecule has 1 aliphatic heterocycles. The number of nitrogens with zero attached hydrogens (tertiary/aromatic N) is 5. The first-order valence-electron chi connectivity index (χ1n) is 24.9. The fourth-order valence-corrected chi connectivity index (χ4v) is 10.7. The molecule has 1 aliphatic rings. The van der Waals surface area contributed by atoms with Crippen LogP contribution in [0.1, 0.15) is 26.3 Å². The van der Waals surface area contributed by atoms with Gasteiger partial charge in [-0.25, -0.2) is 4.98 Å². The van der Waals surface area contributed by atoms with Gasteiger partial charge >= 0.3 is 32.8 Å². The number of pyridine rings is 1. The molecule has 12 aromatic rings. The van der Waals surface area contributed by atoms with Crippen molar-refractivity contribution in [2.75, 3.05) is 4.90 Å². The minimum absolute atomic E-state index is 0. The van der Waals surface area contributed by atoms with Crippen LogP contribution in [0, 0.1) is 12.1 Å². The predicted octanol–water partition coefficient (Wildman–Crippen LogP) is 17.6. The van der Waals surface area contributed by atoms with Crippen molar-refractivity contribution in [2.45, 2.75) is 26.2 Å². The molecule has 354 valence electrons. The SMILES string of the molecule is CC(C)(C)c1cccc(-c2ccccc2)c1N(c1[c-]c([N+]2=C=[N+](c3c(-c4ccccc4)cccc3-c3ccccc3)c3c2ccc2ccccc32)ccc1)c1[c-]c2c(cc1)c1ccccc1n2-c1ccccn1.[Pt+2]. The van der Waals surface area contributed by atoms with E-state index in [1.807, 2.05) is 18.3 Å². The van der Waals surface area contributed by atoms with E-state index in [4.69, 9.17) is 4.98 Å². The van der Waals surface area contributed by atoms with Gasteiger partial charge in [-0.3, -0.25) is 0 Å². The summed E-state index contributed by atoms with van der Waals surface area (Å²) in [6.45, 7) is 6.89. The van der Waals surface area contributed by atoms with Crippen LogP contribution in [0.25, 0.3) is 71.8 Å². The van der Waals surface area contributed by atoms with E-state index in [9.17, 15) is 0 Å². The molecule has 0 aliphatic carbocycles. The van der Waals surface area contributed by atoms with Crippen molar-refractivity contribution in [2.24, 2.45) is 0 Å². The topological polar surface area (TPSA) is 27.1 Å². The zero-order chi connectivity index (χ0) is 49.0. The fraction of sp³-hybridized carbons (Fsp3) is 0.0588. The van der Waals surface area contributed by atoms with Gasteiger partial charge in [-0.05, 0) is 85.5 Å². The molecule has 6 heteroatoms. The van der Waals surface area contributed by atoms with E-state index in [-0.39, 0.29) is 26.5 Å². The maximum Gasteiger partial charge on any atom is 2.00 e. The normalized spacial score (nSPS) is 12.1. The largest absolute Gasteiger partial charge is 2.00 e. The molecular weight excluding hydrogens is 1080 g/mol. The van der Waals surface area contributed by atoms with Crippen LogP contribution in [-0.2, 0) is 26.5 Å². The van der Waals surface area contributed by atoms with Gasteiger partial charge in [-0.1, -0.05) is 212 Å². The van der Waals surface area contributed by atoms with Crippen molar-refractivity contribution in [3.63, 3.8) is 0 Å². The summed E-state index contributed by atoms with van der Waals surface area (Å²) in [5.74, 6) is 0.836. The van der Waals surface area contributed by atoms with Crippen molar-refractivity contribution in [3.8, 4) is 39.2 Å². The first kappa shape index (κ1) is 46.4. The van der Waals surface area contributed by atoms with Gasteiger partial charge in [0, 0.05) is 23.3 Å². The second-order valence-corrected chi connectivity index (χ2v) is 19.6. The Labute approximate surface area is 446 Å². The van der Waals surface area contributed by atoms with Gasteiger partial charge in [0.05, 0.1) is 22.2 Å². The molecule has 0 bridgehead atoms. The molecule has 0 amide bonds. The van der Waals surface area contributed by atoms with E-state index in [0.717, 1.165) is 112 Å². The minimum Gasteiger partial charge on any atom is -0.357 e. The van der Waals surface area contributed by atoms with E-state index >= 15 is 0 Å². The Kier molecular flexibility index (Phi) is 11.9. The van der Waals surface area contributed by atoms with E-state index in [1.165, 1.54) is 5.56 Å². The third-order valence-electron chi connectivity index (χ3n) is 14.1. The Bertz CT molecular complexity index is 4090. The molecule has 0 unspecified atom stereocenters. The molecule has 0 spiro atoms. The maximum atomic E-state index is 4.89. The van der Waals surface area contributed by atoms with Crippen molar-refractivity contribution < 1.29 is 21.1 Å². The monoisotopic (exact) mass is 1130 g/mol. The maximum absolute atomic E-state index is 4.89. The quantitative estimate of drug-likeness (QED) is 0.106. The van der Waals surface area contributed by atoms with Crippen LogP contribution in [0.5, 0.6) is 0 Å². The van der Waals surface area contributed by atoms with Gasteiger partial charge in [0.15, 0.2) is 0 Å². The molecule has 0 fully saturated rings. The standard InChI is InChI=1S/C68H49N5.Pt/c1-68(2,3)60-36-21-35-56(49-26-11-6-12-27-49)66(60)72(53-40-41-59-58-32-15-16-37-61(58)73(63(59)45-53)64-38-17-18-43-69-64)52-30-19-29-51(44-52)70-46-71(67-57-31-14-13-28-50(57)39-42-62(67)70)65-54(47-22-7-4-8-23-47)33-20-34-55(65)48-24-9-5-10-25-48;/h4-43H,1-3H3;/q;+2. The molecular formula is C68H49N5Pt+2. The number of hydrogen-bond donors (Lipinski definition) is 0. The molecule has 2 aromatic heterocycles. The van der Waals surface area contributed by atoms with Gasteiger partial charge in [-0.15, -0.1) is 23.6 Å². The average molecular weight is 1130 g/mol. The van der Waals surface area contributed by atoms with E-state index in [1.54, 1.807) is 0 Å². The van der Waals surface area contributed by atoms with Gasteiger partial charge in [0.1, 0.15) is 11.5 Å². The van der Waals surface area contributed by atoms with Crippen LogP contribution in [0.4, 0.5) is 39.8 Å². The summed E-state index contributed by atoms with van der Waals surface area (Å²) in [6, 6.07) is 96.2. The van der Waals surface area contributed by atoms with Crippen LogP contribution in [0.15, 0.2) is 243 Å². The Morgan fingerprint density at radius 1 is 0.473 bits per heavy atom. The molecule has 0 radical (unpaired) electrons. The smallest absolute Gasteiger partial charge is 0.357 e. The van der Waals surface area contributed by atoms with Crippen molar-refractivity contribution in [1.82, 2.24) is 18.7 Å². The van der Waals surface area contributed by atoms with Crippen LogP contribution in [0.3, 0.4) is 0 Å². The third kappa shape index (κ3) is 7.99. The van der Waals surface area contributed by atoms with E-state index in [2.05, 4.69) is 282 Å². The Morgan fingerprint density at radius 3 is 1.76 bits per heavy atom. The summed E-state index contributed by atoms with van der Waals surface area (Å²) in [4.78, 5) is 7.26. The number of fused-ring (bicyclic) bond motifs is 6. The average Bonchev–Trinajstić information content (AvgIpc) is 4.01. The summed E-state index contributed by atoms with van der Waals surface area (Å²) in [5, 5.41) is 4.53. The molecule has 74 heavy (non-hydrogen) atoms. The predicted molar refractivity (Wildman–Crippen MR) is 304 cm³/mol. The van der Waals surface area contributed by atoms with Crippen LogP contribution >= 0.6 is 0 Å². The summed E-state index contributed by atoms with van der Waals surface area (Å²) in [6.07, 6.45) is 1.86. The van der Waals surface area contributed by atoms with Gasteiger partial charge in [-0.2, -0.15) is 12.1 Å². The molecule has 10 aromatic carbocycles. The van der Waals surface area contributed by atoms with Gasteiger partial charge in [0.25, 0.3) is 5.69 Å². The Hall–Kier alpha value is -8.72. The van der Waals surface area contributed by atoms with Crippen molar-refractivity contribution >= 4 is 78.4 Å². The number of aromatic nitrogens is 2. The van der Waals surface area contributed by atoms with E-state index < -0.39 is 0 Å². The molecule has 0 atom stereocenters. The van der Waals surface area contributed by atoms with Crippen molar-refractivity contribution in [1.29, 1.82) is 0 Å². The molecule has 0 saturated carbocycles. The number of anilines is 3. The summed E-state index contributed by atoms with van der Waals surface area (Å²) < 4.78 is 6.72. The number of hydrogen-bond acceptors (Lipinski definition) is 2. The first-order chi connectivity index (χ1) is 35.9. The molecule has 5 nitrogen and oxygen atoms in total. The van der Waals surface area contributed by atoms with Crippen LogP contribution < -0.4 is 14.1 Å². The second kappa shape index (κ2) is 19.0. The van der Waals surface area contributed by atoms with Gasteiger partial charge in [0.2, 0.25) is 5.69 Å². The van der Waals surface area contributed by atoms with Gasteiger partial charge < -0.3 is 9.47 Å². The first-order valence-corrected chi connectivity index (χ1v) is 24.9. The van der Waals surface area contributed by atoms with E-state index in [0.29, 0.717) is 0 Å². The Balaban J connectivity index is 0.00000556. The summed E-state index contributed by atoms with van der Waals surface area (Å²) >= 11 is 0. The number of rotatable bonds is 9. The third-order valence-corrected chi connectivity index (χ3v) is 14.1. The minimum atomic E-state index is -0.247. The molecule has 13 rings (SSSR count). The summed E-state index contributed by atoms with van der Waals surface area (Å²) in [7, 11) is 0. The number of para-hydroxylation sites is 3. The summed E-state index contributed by atoms with van der Waals surface area (Å²) in [5.41, 5.74) is 16.4. The van der Waals surface area contributed by atoms with Crippen molar-refractivity contribution in [3.05, 3.63) is 260 Å². The second-order valence-electron chi connectivity index (χ2n) is 19.6. The number of benzene rings is 10. The molecule has 0 saturated heterocycles. The van der Waals surface area contributed by atoms with Crippen LogP contribution in [-0.4, -0.2) is 15.6 Å². The Morgan fingerprint density at radius 2 is 1.07 bits per heavy atom. The zero-order valence-electron chi connectivity index (χ0n) is 41.1. The van der Waals surface area contributed by atoms with Crippen LogP contribution in [0.2, 0.25) is 0 Å². The fourth-order valence-electron chi connectivity index (χ4n) is 10.7. The zero-order valence-corrected chi connectivity index (χ0v) is 43.4.